The molecule has 8 rings (SSSR count). The molecule has 478 valence electrons. The third kappa shape index (κ3) is 23.8. The summed E-state index contributed by atoms with van der Waals surface area (Å²) >= 11 is 0. The third-order valence-corrected chi connectivity index (χ3v) is 17.0. The first-order valence-corrected chi connectivity index (χ1v) is 32.6. The van der Waals surface area contributed by atoms with Gasteiger partial charge >= 0.3 is 6.18 Å². The standard InChI is InChI=1S/C31H40F3N3O4.C21H39N5O2.C7H16.C4H8.C4H10/c1-6-7-22-14-25(28(35-17-22)21(2)39-5)29-26(16-30(3,4)19-41-20-38)24-15-23(36-10-12-40-13-11-36)8-9-27(24)37(29)18-31(32,33)34;1-3-22-14-17-10-13-25(15-17)19(18-8-4-5-9-18)20(27)24-16(2)21(28)26-12-7-6-11-23-26;1-4-6-7(3)5-2;1-4-2-3-4;1-3-4-2/h8-9,14-15,17,20-21H,6-7,10-13,16,18-19H2,1-5H3;16-19,22-23H,3-15H2,1-2H3,(H,24,27);7H,4-6H2,1-3H3;4H,2-3H2,1H3;3-4H2,1-2H3. The fourth-order valence-electron chi connectivity index (χ4n) is 11.5. The maximum Gasteiger partial charge on any atom is 0.406 e. The molecule has 14 nitrogen and oxygen atoms in total. The molecule has 5 heterocycles. The maximum absolute atomic E-state index is 14.2. The number of carbonyl (C=O) groups excluding carboxylic acids is 3. The van der Waals surface area contributed by atoms with Gasteiger partial charge in [-0.05, 0) is 137 Å². The molecule has 0 spiro atoms. The van der Waals surface area contributed by atoms with Crippen molar-refractivity contribution in [1.29, 1.82) is 0 Å². The molecule has 2 aliphatic carbocycles. The van der Waals surface area contributed by atoms with Crippen LogP contribution in [0.3, 0.4) is 0 Å². The summed E-state index contributed by atoms with van der Waals surface area (Å²) in [5.41, 5.74) is 7.41. The zero-order valence-corrected chi connectivity index (χ0v) is 54.3. The highest BCUT2D eigenvalue weighted by atomic mass is 19.4. The molecule has 2 amide bonds. The van der Waals surface area contributed by atoms with Crippen LogP contribution < -0.4 is 21.0 Å². The first-order chi connectivity index (χ1) is 40.2. The molecule has 2 aromatic heterocycles. The Bertz CT molecular complexity index is 2360. The number of nitrogens with one attached hydrogen (secondary N) is 3. The predicted molar refractivity (Wildman–Crippen MR) is 337 cm³/mol. The number of ether oxygens (including phenoxy) is 3. The summed E-state index contributed by atoms with van der Waals surface area (Å²) in [4.78, 5) is 46.3. The normalized spacial score (nSPS) is 19.1. The summed E-state index contributed by atoms with van der Waals surface area (Å²) in [5.74, 6) is 3.10. The molecular formula is C67H113F3N8O6. The van der Waals surface area contributed by atoms with Gasteiger partial charge < -0.3 is 34.3 Å². The number of morpholine rings is 1. The number of pyridine rings is 1. The van der Waals surface area contributed by atoms with Gasteiger partial charge in [0, 0.05) is 73.6 Å². The maximum atomic E-state index is 14.2. The van der Waals surface area contributed by atoms with Crippen LogP contribution in [0.15, 0.2) is 30.5 Å². The molecule has 17 heteroatoms. The lowest BCUT2D eigenvalue weighted by Gasteiger charge is -2.34. The molecule has 0 radical (unpaired) electrons. The van der Waals surface area contributed by atoms with Crippen LogP contribution in [0.2, 0.25) is 0 Å². The van der Waals surface area contributed by atoms with Gasteiger partial charge in [0.05, 0.1) is 43.4 Å². The van der Waals surface area contributed by atoms with Gasteiger partial charge in [-0.2, -0.15) is 13.2 Å². The Balaban J connectivity index is 0.000000300. The Labute approximate surface area is 505 Å². The minimum atomic E-state index is -4.46. The van der Waals surface area contributed by atoms with Crippen molar-refractivity contribution >= 4 is 34.9 Å². The van der Waals surface area contributed by atoms with Crippen LogP contribution in [0.5, 0.6) is 0 Å². The predicted octanol–water partition coefficient (Wildman–Crippen LogP) is 13.7. The topological polar surface area (TPSA) is 143 Å². The zero-order valence-electron chi connectivity index (χ0n) is 54.3. The number of fused-ring (bicyclic) bond motifs is 1. The van der Waals surface area contributed by atoms with E-state index in [1.54, 1.807) is 24.4 Å². The summed E-state index contributed by atoms with van der Waals surface area (Å²) in [6, 6.07) is 7.06. The number of aromatic nitrogens is 2. The third-order valence-electron chi connectivity index (χ3n) is 17.0. The van der Waals surface area contributed by atoms with E-state index in [4.69, 9.17) is 19.2 Å². The van der Waals surface area contributed by atoms with Crippen LogP contribution in [0, 0.1) is 29.1 Å². The number of anilines is 1. The number of nitrogens with zero attached hydrogens (tertiary/aromatic N) is 5. The van der Waals surface area contributed by atoms with Crippen LogP contribution in [0.25, 0.3) is 22.2 Å². The van der Waals surface area contributed by atoms with E-state index in [2.05, 4.69) is 81.2 Å². The highest BCUT2D eigenvalue weighted by molar-refractivity contribution is 5.95. The Morgan fingerprint density at radius 3 is 2.13 bits per heavy atom. The number of hydrogen-bond acceptors (Lipinski definition) is 11. The second-order valence-corrected chi connectivity index (χ2v) is 25.2. The van der Waals surface area contributed by atoms with Gasteiger partial charge in [-0.1, -0.05) is 133 Å². The van der Waals surface area contributed by atoms with Crippen molar-refractivity contribution in [2.24, 2.45) is 29.1 Å². The smallest absolute Gasteiger partial charge is 0.406 e. The Kier molecular flexibility index (Phi) is 32.2. The summed E-state index contributed by atoms with van der Waals surface area (Å²) in [5, 5.41) is 8.93. The van der Waals surface area contributed by atoms with Crippen LogP contribution >= 0.6 is 0 Å². The molecule has 3 saturated heterocycles. The second-order valence-electron chi connectivity index (χ2n) is 25.2. The molecule has 1 aromatic carbocycles. The number of rotatable bonds is 24. The van der Waals surface area contributed by atoms with Gasteiger partial charge in [-0.15, -0.1) is 0 Å². The van der Waals surface area contributed by atoms with Crippen LogP contribution in [0.1, 0.15) is 202 Å². The van der Waals surface area contributed by atoms with Gasteiger partial charge in [-0.3, -0.25) is 29.3 Å². The van der Waals surface area contributed by atoms with E-state index in [-0.39, 0.29) is 24.5 Å². The van der Waals surface area contributed by atoms with Crippen LogP contribution in [-0.4, -0.2) is 135 Å². The number of amides is 2. The van der Waals surface area contributed by atoms with Crippen molar-refractivity contribution in [3.05, 3.63) is 47.3 Å². The minimum absolute atomic E-state index is 0.0235. The Morgan fingerprint density at radius 2 is 1.58 bits per heavy atom. The average Bonchev–Trinajstić information content (AvgIpc) is 3.05. The quantitative estimate of drug-likeness (QED) is 0.0738. The van der Waals surface area contributed by atoms with Crippen molar-refractivity contribution in [2.45, 2.75) is 223 Å². The summed E-state index contributed by atoms with van der Waals surface area (Å²) in [7, 11) is 1.57. The summed E-state index contributed by atoms with van der Waals surface area (Å²) in [6.07, 6.45) is 16.5. The number of hydrazine groups is 1. The van der Waals surface area contributed by atoms with Gasteiger partial charge in [0.25, 0.3) is 12.4 Å². The number of aryl methyl sites for hydroxylation is 1. The van der Waals surface area contributed by atoms with E-state index in [0.29, 0.717) is 73.5 Å². The molecule has 5 fully saturated rings. The monoisotopic (exact) mass is 1180 g/mol. The van der Waals surface area contributed by atoms with Gasteiger partial charge in [0.2, 0.25) is 5.91 Å². The van der Waals surface area contributed by atoms with Crippen LogP contribution in [-0.2, 0) is 48.0 Å². The summed E-state index contributed by atoms with van der Waals surface area (Å²) < 4.78 is 60.4. The van der Waals surface area contributed by atoms with Crippen molar-refractivity contribution < 1.29 is 41.8 Å². The fraction of sp³-hybridized carbons (Fsp3) is 0.761. The molecule has 84 heavy (non-hydrogen) atoms. The number of benzene rings is 1. The first-order valence-electron chi connectivity index (χ1n) is 32.6. The number of hydrogen-bond donors (Lipinski definition) is 3. The highest BCUT2D eigenvalue weighted by Gasteiger charge is 2.40. The Hall–Kier alpha value is -4.29. The number of likely N-dealkylation sites (tertiary alicyclic amines) is 1. The van der Waals surface area contributed by atoms with E-state index in [1.807, 2.05) is 45.9 Å². The lowest BCUT2D eigenvalue weighted by molar-refractivity contribution is -0.141. The molecule has 3 N–H and O–H groups in total. The van der Waals surface area contributed by atoms with E-state index < -0.39 is 30.3 Å². The molecule has 5 aliphatic rings. The first kappa shape index (κ1) is 72.2. The van der Waals surface area contributed by atoms with Gasteiger partial charge in [-0.25, -0.2) is 5.43 Å². The molecule has 5 atom stereocenters. The van der Waals surface area contributed by atoms with E-state index in [1.165, 1.54) is 62.4 Å². The molecule has 5 unspecified atom stereocenters. The number of methoxy groups -OCH3 is 1. The van der Waals surface area contributed by atoms with Gasteiger partial charge in [0.1, 0.15) is 12.6 Å². The molecule has 0 bridgehead atoms. The van der Waals surface area contributed by atoms with Crippen molar-refractivity contribution in [3.63, 3.8) is 0 Å². The molecular weight excluding hydrogens is 1070 g/mol. The van der Waals surface area contributed by atoms with Crippen molar-refractivity contribution in [2.75, 3.05) is 84.2 Å². The minimum Gasteiger partial charge on any atom is -0.467 e. The number of halogens is 3. The van der Waals surface area contributed by atoms with Gasteiger partial charge in [0.15, 0.2) is 0 Å². The van der Waals surface area contributed by atoms with E-state index >= 15 is 0 Å². The highest BCUT2D eigenvalue weighted by Crippen LogP contribution is 2.43. The number of unbranched alkanes of at least 4 members (excludes halogenated alkanes) is 1. The number of carbonyl (C=O) groups is 3. The zero-order chi connectivity index (χ0) is 61.8. The molecule has 3 aliphatic heterocycles. The van der Waals surface area contributed by atoms with E-state index in [9.17, 15) is 27.6 Å². The van der Waals surface area contributed by atoms with E-state index in [0.717, 1.165) is 118 Å². The average molecular weight is 1180 g/mol. The molecule has 2 saturated carbocycles. The largest absolute Gasteiger partial charge is 0.467 e. The molecule has 3 aromatic rings. The lowest BCUT2D eigenvalue weighted by atomic mass is 9.84. The van der Waals surface area contributed by atoms with Crippen molar-refractivity contribution in [1.82, 2.24) is 35.5 Å². The lowest BCUT2D eigenvalue weighted by Crippen LogP contribution is -2.58. The second kappa shape index (κ2) is 37.4. The van der Waals surface area contributed by atoms with Crippen molar-refractivity contribution in [3.8, 4) is 11.3 Å². The summed E-state index contributed by atoms with van der Waals surface area (Å²) in [6.45, 7) is 32.7. The van der Waals surface area contributed by atoms with Crippen LogP contribution in [0.4, 0.5) is 18.9 Å². The SMILES string of the molecule is CC1CC1.CCCC.CCCC(C)CC.CCCc1cnc(C(C)OC)c(-c2c(CC(C)(C)COC=O)c3cc(N4CCOCC4)ccc3n2CC(F)(F)F)c1.CCNCC1CCN(C(C(=O)NC(C)C(=O)N2CCCCN2)C2CCCC2)C1. The Morgan fingerprint density at radius 1 is 0.893 bits per heavy atom. The number of alkyl halides is 3. The fourth-order valence-corrected chi connectivity index (χ4v) is 11.5.